The third-order valence-corrected chi connectivity index (χ3v) is 2.70. The second-order valence-corrected chi connectivity index (χ2v) is 4.37. The van der Waals surface area contributed by atoms with Crippen molar-refractivity contribution < 1.29 is 14.7 Å². The summed E-state index contributed by atoms with van der Waals surface area (Å²) in [5.41, 5.74) is 0.622. The summed E-state index contributed by atoms with van der Waals surface area (Å²) >= 11 is 11.7. The van der Waals surface area contributed by atoms with Crippen LogP contribution >= 0.6 is 23.2 Å². The van der Waals surface area contributed by atoms with E-state index in [0.717, 1.165) is 0 Å². The van der Waals surface area contributed by atoms with Gasteiger partial charge in [-0.05, 0) is 17.7 Å². The Balaban J connectivity index is 2.86. The molecule has 17 heavy (non-hydrogen) atoms. The molecule has 1 atom stereocenters. The van der Waals surface area contributed by atoms with Crippen LogP contribution in [0.3, 0.4) is 0 Å². The van der Waals surface area contributed by atoms with Gasteiger partial charge in [0.25, 0.3) is 0 Å². The highest BCUT2D eigenvalue weighted by Crippen LogP contribution is 2.22. The number of aliphatic carboxylic acids is 1. The Morgan fingerprint density at radius 1 is 1.41 bits per heavy atom. The van der Waals surface area contributed by atoms with Crippen LogP contribution in [-0.2, 0) is 16.0 Å². The highest BCUT2D eigenvalue weighted by molar-refractivity contribution is 6.35. The third kappa shape index (κ3) is 4.24. The van der Waals surface area contributed by atoms with Crippen LogP contribution in [0.1, 0.15) is 12.5 Å². The molecule has 0 aliphatic heterocycles. The molecular formula is C11H11Cl2NO3. The van der Waals surface area contributed by atoms with E-state index in [1.807, 2.05) is 0 Å². The number of carboxylic acids is 1. The van der Waals surface area contributed by atoms with Gasteiger partial charge >= 0.3 is 5.97 Å². The molecule has 1 rings (SSSR count). The topological polar surface area (TPSA) is 66.4 Å². The number of carbonyl (C=O) groups is 2. The Labute approximate surface area is 109 Å². The molecule has 1 aromatic carbocycles. The summed E-state index contributed by atoms with van der Waals surface area (Å²) in [6.07, 6.45) is 0.116. The molecule has 2 N–H and O–H groups in total. The summed E-state index contributed by atoms with van der Waals surface area (Å²) in [4.78, 5) is 21.8. The fraction of sp³-hybridized carbons (Fsp3) is 0.273. The predicted octanol–water partition coefficient (Wildman–Crippen LogP) is 2.13. The van der Waals surface area contributed by atoms with Crippen molar-refractivity contribution in [2.45, 2.75) is 19.4 Å². The largest absolute Gasteiger partial charge is 0.480 e. The normalized spacial score (nSPS) is 11.9. The Kier molecular flexibility index (Phi) is 4.78. The standard InChI is InChI=1S/C11H11Cl2NO3/c1-6(15)14-10(11(16)17)4-7-2-3-8(12)5-9(7)13/h2-3,5,10H,4H2,1H3,(H,14,15)(H,16,17)/t10-/m1/s1. The summed E-state index contributed by atoms with van der Waals surface area (Å²) in [6, 6.07) is 3.80. The predicted molar refractivity (Wildman–Crippen MR) is 65.4 cm³/mol. The number of rotatable bonds is 4. The maximum Gasteiger partial charge on any atom is 0.326 e. The summed E-state index contributed by atoms with van der Waals surface area (Å²) in [7, 11) is 0. The zero-order valence-corrected chi connectivity index (χ0v) is 10.5. The molecule has 0 heterocycles. The van der Waals surface area contributed by atoms with E-state index in [0.29, 0.717) is 15.6 Å². The number of hydrogen-bond donors (Lipinski definition) is 2. The van der Waals surface area contributed by atoms with E-state index in [1.54, 1.807) is 12.1 Å². The second kappa shape index (κ2) is 5.89. The highest BCUT2D eigenvalue weighted by atomic mass is 35.5. The van der Waals surface area contributed by atoms with Gasteiger partial charge in [0, 0.05) is 23.4 Å². The maximum absolute atomic E-state index is 10.9. The average Bonchev–Trinajstić information content (AvgIpc) is 2.19. The van der Waals surface area contributed by atoms with Crippen molar-refractivity contribution in [3.63, 3.8) is 0 Å². The molecule has 0 fully saturated rings. The SMILES string of the molecule is CC(=O)N[C@H](Cc1ccc(Cl)cc1Cl)C(=O)O. The van der Waals surface area contributed by atoms with Gasteiger partial charge in [0.1, 0.15) is 6.04 Å². The van der Waals surface area contributed by atoms with Crippen LogP contribution in [0.4, 0.5) is 0 Å². The first-order valence-corrected chi connectivity index (χ1v) is 5.59. The van der Waals surface area contributed by atoms with E-state index < -0.39 is 17.9 Å². The van der Waals surface area contributed by atoms with Gasteiger partial charge in [0.15, 0.2) is 0 Å². The average molecular weight is 276 g/mol. The monoisotopic (exact) mass is 275 g/mol. The number of amides is 1. The van der Waals surface area contributed by atoms with Crippen LogP contribution in [0.2, 0.25) is 10.0 Å². The lowest BCUT2D eigenvalue weighted by atomic mass is 10.1. The first-order valence-electron chi connectivity index (χ1n) is 4.84. The summed E-state index contributed by atoms with van der Waals surface area (Å²) < 4.78 is 0. The molecular weight excluding hydrogens is 265 g/mol. The lowest BCUT2D eigenvalue weighted by Gasteiger charge is -2.14. The molecule has 0 bridgehead atoms. The Hall–Kier alpha value is -1.26. The molecule has 1 aromatic rings. The van der Waals surface area contributed by atoms with Crippen molar-refractivity contribution in [1.29, 1.82) is 0 Å². The van der Waals surface area contributed by atoms with E-state index in [-0.39, 0.29) is 6.42 Å². The zero-order valence-electron chi connectivity index (χ0n) is 9.04. The second-order valence-electron chi connectivity index (χ2n) is 3.53. The number of benzene rings is 1. The first kappa shape index (κ1) is 13.8. The van der Waals surface area contributed by atoms with E-state index in [4.69, 9.17) is 28.3 Å². The van der Waals surface area contributed by atoms with Gasteiger partial charge < -0.3 is 10.4 Å². The number of carboxylic acid groups (broad SMARTS) is 1. The molecule has 4 nitrogen and oxygen atoms in total. The van der Waals surface area contributed by atoms with Crippen molar-refractivity contribution in [3.8, 4) is 0 Å². The van der Waals surface area contributed by atoms with Crippen LogP contribution in [0, 0.1) is 0 Å². The molecule has 0 radical (unpaired) electrons. The van der Waals surface area contributed by atoms with Gasteiger partial charge in [0.05, 0.1) is 0 Å². The van der Waals surface area contributed by atoms with E-state index >= 15 is 0 Å². The number of halogens is 2. The molecule has 0 unspecified atom stereocenters. The molecule has 0 aliphatic rings. The highest BCUT2D eigenvalue weighted by Gasteiger charge is 2.19. The molecule has 0 saturated carbocycles. The molecule has 6 heteroatoms. The van der Waals surface area contributed by atoms with Crippen LogP contribution in [0.25, 0.3) is 0 Å². The molecule has 0 saturated heterocycles. The van der Waals surface area contributed by atoms with Gasteiger partial charge in [-0.2, -0.15) is 0 Å². The van der Waals surface area contributed by atoms with Crippen molar-refractivity contribution in [2.24, 2.45) is 0 Å². The van der Waals surface area contributed by atoms with Gasteiger partial charge in [0.2, 0.25) is 5.91 Å². The van der Waals surface area contributed by atoms with E-state index in [9.17, 15) is 9.59 Å². The molecule has 0 spiro atoms. The first-order chi connectivity index (χ1) is 7.90. The minimum atomic E-state index is -1.11. The zero-order chi connectivity index (χ0) is 13.0. The van der Waals surface area contributed by atoms with Crippen molar-refractivity contribution >= 4 is 35.1 Å². The van der Waals surface area contributed by atoms with E-state index in [1.165, 1.54) is 13.0 Å². The van der Waals surface area contributed by atoms with Gasteiger partial charge in [-0.15, -0.1) is 0 Å². The lowest BCUT2D eigenvalue weighted by molar-refractivity contribution is -0.141. The summed E-state index contributed by atoms with van der Waals surface area (Å²) in [6.45, 7) is 1.26. The van der Waals surface area contributed by atoms with Crippen LogP contribution in [0.15, 0.2) is 18.2 Å². The Morgan fingerprint density at radius 3 is 2.53 bits per heavy atom. The van der Waals surface area contributed by atoms with Crippen LogP contribution < -0.4 is 5.32 Å². The van der Waals surface area contributed by atoms with Crippen molar-refractivity contribution in [2.75, 3.05) is 0 Å². The Morgan fingerprint density at radius 2 is 2.06 bits per heavy atom. The van der Waals surface area contributed by atoms with Gasteiger partial charge in [-0.25, -0.2) is 4.79 Å². The fourth-order valence-electron chi connectivity index (χ4n) is 1.35. The number of hydrogen-bond acceptors (Lipinski definition) is 2. The van der Waals surface area contributed by atoms with Gasteiger partial charge in [-0.1, -0.05) is 29.3 Å². The minimum Gasteiger partial charge on any atom is -0.480 e. The number of carbonyl (C=O) groups excluding carboxylic acids is 1. The smallest absolute Gasteiger partial charge is 0.326 e. The van der Waals surface area contributed by atoms with Gasteiger partial charge in [-0.3, -0.25) is 4.79 Å². The maximum atomic E-state index is 10.9. The lowest BCUT2D eigenvalue weighted by Crippen LogP contribution is -2.41. The fourth-order valence-corrected chi connectivity index (χ4v) is 1.84. The van der Waals surface area contributed by atoms with Crippen LogP contribution in [0.5, 0.6) is 0 Å². The summed E-state index contributed by atoms with van der Waals surface area (Å²) in [5.74, 6) is -1.51. The summed E-state index contributed by atoms with van der Waals surface area (Å²) in [5, 5.41) is 12.1. The minimum absolute atomic E-state index is 0.116. The van der Waals surface area contributed by atoms with Crippen molar-refractivity contribution in [3.05, 3.63) is 33.8 Å². The molecule has 0 aromatic heterocycles. The van der Waals surface area contributed by atoms with Crippen molar-refractivity contribution in [1.82, 2.24) is 5.32 Å². The molecule has 1 amide bonds. The number of nitrogens with one attached hydrogen (secondary N) is 1. The molecule has 92 valence electrons. The molecule has 0 aliphatic carbocycles. The Bertz CT molecular complexity index is 448. The van der Waals surface area contributed by atoms with Crippen LogP contribution in [-0.4, -0.2) is 23.0 Å². The third-order valence-electron chi connectivity index (χ3n) is 2.11. The quantitative estimate of drug-likeness (QED) is 0.885. The van der Waals surface area contributed by atoms with E-state index in [2.05, 4.69) is 5.32 Å².